The van der Waals surface area contributed by atoms with Crippen LogP contribution in [0.3, 0.4) is 0 Å². The van der Waals surface area contributed by atoms with Gasteiger partial charge in [-0.1, -0.05) is 23.5 Å². The third-order valence-corrected chi connectivity index (χ3v) is 6.39. The molecule has 4 heterocycles. The number of anilines is 1. The highest BCUT2D eigenvalue weighted by atomic mass is 32.1. The van der Waals surface area contributed by atoms with Crippen molar-refractivity contribution >= 4 is 34.4 Å². The molecule has 1 amide bonds. The Morgan fingerprint density at radius 2 is 2.07 bits per heavy atom. The molecule has 1 aliphatic rings. The Labute approximate surface area is 172 Å². The highest BCUT2D eigenvalue weighted by Crippen LogP contribution is 2.28. The average molecular weight is 407 g/mol. The van der Waals surface area contributed by atoms with Crippen molar-refractivity contribution in [2.75, 3.05) is 18.0 Å². The van der Waals surface area contributed by atoms with E-state index in [4.69, 9.17) is 4.42 Å². The average Bonchev–Trinajstić information content (AvgIpc) is 3.51. The molecule has 7 nitrogen and oxygen atoms in total. The van der Waals surface area contributed by atoms with E-state index < -0.39 is 0 Å². The predicted molar refractivity (Wildman–Crippen MR) is 113 cm³/mol. The van der Waals surface area contributed by atoms with Crippen molar-refractivity contribution in [3.63, 3.8) is 0 Å². The number of fused-ring (bicyclic) bond motifs is 1. The van der Waals surface area contributed by atoms with Crippen LogP contribution in [0.15, 0.2) is 53.2 Å². The van der Waals surface area contributed by atoms with Gasteiger partial charge >= 0.3 is 0 Å². The summed E-state index contributed by atoms with van der Waals surface area (Å²) in [5.41, 5.74) is 2.39. The van der Waals surface area contributed by atoms with E-state index in [1.54, 1.807) is 0 Å². The number of carbonyl (C=O) groups excluding carboxylic acids is 1. The number of hydrogen-bond acceptors (Lipinski definition) is 6. The number of para-hydroxylation sites is 2. The van der Waals surface area contributed by atoms with Crippen LogP contribution in [0.25, 0.3) is 16.2 Å². The fourth-order valence-corrected chi connectivity index (χ4v) is 4.69. The molecule has 0 aliphatic carbocycles. The van der Waals surface area contributed by atoms with Gasteiger partial charge in [0, 0.05) is 25.5 Å². The number of benzene rings is 1. The monoisotopic (exact) mass is 407 g/mol. The van der Waals surface area contributed by atoms with E-state index in [1.165, 1.54) is 11.3 Å². The van der Waals surface area contributed by atoms with Crippen LogP contribution in [-0.2, 0) is 0 Å². The quantitative estimate of drug-likeness (QED) is 0.545. The van der Waals surface area contributed by atoms with Gasteiger partial charge in [0.05, 0.1) is 11.7 Å². The van der Waals surface area contributed by atoms with Gasteiger partial charge in [-0.05, 0) is 44.0 Å². The number of carbonyl (C=O) groups is 1. The molecule has 3 aromatic heterocycles. The summed E-state index contributed by atoms with van der Waals surface area (Å²) in [4.78, 5) is 24.7. The lowest BCUT2D eigenvalue weighted by Gasteiger charge is -2.22. The Hall–Kier alpha value is -3.13. The normalized spacial score (nSPS) is 16.6. The van der Waals surface area contributed by atoms with Crippen molar-refractivity contribution in [1.29, 1.82) is 0 Å². The third-order valence-electron chi connectivity index (χ3n) is 5.22. The maximum absolute atomic E-state index is 12.8. The van der Waals surface area contributed by atoms with E-state index in [1.807, 2.05) is 60.3 Å². The van der Waals surface area contributed by atoms with Crippen LogP contribution in [-0.4, -0.2) is 39.6 Å². The molecular formula is C21H21N5O2S. The standard InChI is InChI=1S/C21H21N5O2S/c1-14-18(29-21(23-14)25-10-4-5-11-25)19(27)22-13-15-7-6-12-26(15)20-24-16-8-2-3-9-17(16)28-20/h2-5,8-11,15H,6-7,12-13H2,1H3,(H,22,27)/t15-/m0/s1. The first kappa shape index (κ1) is 17.9. The molecule has 1 fully saturated rings. The van der Waals surface area contributed by atoms with Crippen molar-refractivity contribution in [1.82, 2.24) is 19.9 Å². The second-order valence-corrected chi connectivity index (χ2v) is 8.14. The number of thiazole rings is 1. The molecule has 29 heavy (non-hydrogen) atoms. The molecule has 0 bridgehead atoms. The molecular weight excluding hydrogens is 386 g/mol. The van der Waals surface area contributed by atoms with Gasteiger partial charge in [0.2, 0.25) is 0 Å². The van der Waals surface area contributed by atoms with E-state index in [9.17, 15) is 4.79 Å². The lowest BCUT2D eigenvalue weighted by Crippen LogP contribution is -2.40. The number of aryl methyl sites for hydroxylation is 1. The number of aromatic nitrogens is 3. The van der Waals surface area contributed by atoms with Crippen molar-refractivity contribution in [2.24, 2.45) is 0 Å². The summed E-state index contributed by atoms with van der Waals surface area (Å²) in [7, 11) is 0. The molecule has 0 spiro atoms. The maximum Gasteiger partial charge on any atom is 0.298 e. The molecule has 0 unspecified atom stereocenters. The topological polar surface area (TPSA) is 76.2 Å². The van der Waals surface area contributed by atoms with Gasteiger partial charge in [-0.15, -0.1) is 0 Å². The van der Waals surface area contributed by atoms with Crippen LogP contribution in [0.5, 0.6) is 0 Å². The van der Waals surface area contributed by atoms with Gasteiger partial charge in [-0.3, -0.25) is 4.79 Å². The third kappa shape index (κ3) is 3.40. The van der Waals surface area contributed by atoms with Crippen LogP contribution in [0.1, 0.15) is 28.2 Å². The highest BCUT2D eigenvalue weighted by Gasteiger charge is 2.29. The van der Waals surface area contributed by atoms with E-state index in [0.717, 1.165) is 41.3 Å². The fourth-order valence-electron chi connectivity index (χ4n) is 3.74. The molecule has 1 atom stereocenters. The van der Waals surface area contributed by atoms with Crippen LogP contribution in [0.4, 0.5) is 6.01 Å². The Balaban J connectivity index is 1.28. The number of oxazole rings is 1. The van der Waals surface area contributed by atoms with E-state index in [2.05, 4.69) is 20.2 Å². The van der Waals surface area contributed by atoms with Gasteiger partial charge in [0.1, 0.15) is 10.4 Å². The largest absolute Gasteiger partial charge is 0.423 e. The van der Waals surface area contributed by atoms with Gasteiger partial charge in [0.25, 0.3) is 11.9 Å². The smallest absolute Gasteiger partial charge is 0.298 e. The molecule has 1 saturated heterocycles. The molecule has 1 aromatic carbocycles. The molecule has 1 N–H and O–H groups in total. The number of nitrogens with zero attached hydrogens (tertiary/aromatic N) is 4. The molecule has 0 radical (unpaired) electrons. The second kappa shape index (κ2) is 7.36. The van der Waals surface area contributed by atoms with Gasteiger partial charge < -0.3 is 19.2 Å². The van der Waals surface area contributed by atoms with Crippen molar-refractivity contribution in [2.45, 2.75) is 25.8 Å². The van der Waals surface area contributed by atoms with Crippen molar-refractivity contribution in [3.05, 3.63) is 59.4 Å². The van der Waals surface area contributed by atoms with Gasteiger partial charge in [0.15, 0.2) is 10.7 Å². The zero-order chi connectivity index (χ0) is 19.8. The summed E-state index contributed by atoms with van der Waals surface area (Å²) in [6.45, 7) is 3.30. The van der Waals surface area contributed by atoms with Crippen LogP contribution < -0.4 is 10.2 Å². The van der Waals surface area contributed by atoms with Gasteiger partial charge in [-0.25, -0.2) is 4.98 Å². The summed E-state index contributed by atoms with van der Waals surface area (Å²) in [6.07, 6.45) is 5.90. The molecule has 5 rings (SSSR count). The van der Waals surface area contributed by atoms with Crippen LogP contribution in [0, 0.1) is 6.92 Å². The van der Waals surface area contributed by atoms with Crippen LogP contribution in [0.2, 0.25) is 0 Å². The predicted octanol–water partition coefficient (Wildman–Crippen LogP) is 3.78. The van der Waals surface area contributed by atoms with Gasteiger partial charge in [-0.2, -0.15) is 4.98 Å². The minimum atomic E-state index is -0.0807. The molecule has 4 aromatic rings. The zero-order valence-corrected chi connectivity index (χ0v) is 16.9. The summed E-state index contributed by atoms with van der Waals surface area (Å²) in [6, 6.07) is 12.5. The minimum absolute atomic E-state index is 0.0807. The summed E-state index contributed by atoms with van der Waals surface area (Å²) >= 11 is 1.40. The fraction of sp³-hybridized carbons (Fsp3) is 0.286. The Kier molecular flexibility index (Phi) is 4.55. The van der Waals surface area contributed by atoms with E-state index in [0.29, 0.717) is 17.4 Å². The number of rotatable bonds is 5. The first-order chi connectivity index (χ1) is 14.2. The first-order valence-corrected chi connectivity index (χ1v) is 10.5. The summed E-state index contributed by atoms with van der Waals surface area (Å²) < 4.78 is 7.85. The minimum Gasteiger partial charge on any atom is -0.423 e. The summed E-state index contributed by atoms with van der Waals surface area (Å²) in [5, 5.41) is 3.88. The molecule has 8 heteroatoms. The maximum atomic E-state index is 12.8. The lowest BCUT2D eigenvalue weighted by molar-refractivity contribution is 0.0954. The Morgan fingerprint density at radius 1 is 1.24 bits per heavy atom. The second-order valence-electron chi connectivity index (χ2n) is 7.16. The van der Waals surface area contributed by atoms with Crippen LogP contribution >= 0.6 is 11.3 Å². The number of nitrogens with one attached hydrogen (secondary N) is 1. The highest BCUT2D eigenvalue weighted by molar-refractivity contribution is 7.16. The zero-order valence-electron chi connectivity index (χ0n) is 16.0. The van der Waals surface area contributed by atoms with Crippen molar-refractivity contribution in [3.8, 4) is 5.13 Å². The number of hydrogen-bond donors (Lipinski definition) is 1. The van der Waals surface area contributed by atoms with Crippen molar-refractivity contribution < 1.29 is 9.21 Å². The first-order valence-electron chi connectivity index (χ1n) is 9.70. The molecule has 0 saturated carbocycles. The molecule has 1 aliphatic heterocycles. The summed E-state index contributed by atoms with van der Waals surface area (Å²) in [5.74, 6) is -0.0807. The lowest BCUT2D eigenvalue weighted by atomic mass is 10.2. The molecule has 148 valence electrons. The van der Waals surface area contributed by atoms with E-state index >= 15 is 0 Å². The van der Waals surface area contributed by atoms with E-state index in [-0.39, 0.29) is 11.9 Å². The number of amides is 1. The Morgan fingerprint density at radius 3 is 2.90 bits per heavy atom. The SMILES string of the molecule is Cc1nc(-n2cccc2)sc1C(=O)NC[C@@H]1CCCN1c1nc2ccccc2o1. The Bertz CT molecular complexity index is 1110.